The van der Waals surface area contributed by atoms with Crippen LogP contribution in [-0.4, -0.2) is 36.8 Å². The zero-order chi connectivity index (χ0) is 19.3. The van der Waals surface area contributed by atoms with Crippen LogP contribution >= 0.6 is 0 Å². The first-order valence-electron chi connectivity index (χ1n) is 8.82. The van der Waals surface area contributed by atoms with Crippen LogP contribution in [0, 0.1) is 0 Å². The lowest BCUT2D eigenvalue weighted by atomic mass is 9.86. The van der Waals surface area contributed by atoms with Gasteiger partial charge in [0.1, 0.15) is 6.10 Å². The monoisotopic (exact) mass is 376 g/mol. The van der Waals surface area contributed by atoms with Crippen LogP contribution in [-0.2, 0) is 20.8 Å². The predicted molar refractivity (Wildman–Crippen MR) is 95.7 cm³/mol. The fourth-order valence-corrected chi connectivity index (χ4v) is 3.12. The van der Waals surface area contributed by atoms with Gasteiger partial charge in [0.15, 0.2) is 5.60 Å². The van der Waals surface area contributed by atoms with Crippen LogP contribution in [0.25, 0.3) is 0 Å². The van der Waals surface area contributed by atoms with E-state index >= 15 is 0 Å². The van der Waals surface area contributed by atoms with Gasteiger partial charge in [-0.2, -0.15) is 0 Å². The number of halogens is 2. The van der Waals surface area contributed by atoms with Crippen LogP contribution < -0.4 is 0 Å². The van der Waals surface area contributed by atoms with Gasteiger partial charge in [0.25, 0.3) is 5.92 Å². The third-order valence-corrected chi connectivity index (χ3v) is 4.70. The fourth-order valence-electron chi connectivity index (χ4n) is 3.12. The van der Waals surface area contributed by atoms with Crippen molar-refractivity contribution in [3.05, 3.63) is 71.8 Å². The van der Waals surface area contributed by atoms with Gasteiger partial charge in [-0.25, -0.2) is 13.6 Å². The van der Waals surface area contributed by atoms with Gasteiger partial charge in [-0.3, -0.25) is 0 Å². The highest BCUT2D eigenvalue weighted by molar-refractivity contribution is 5.89. The Bertz CT molecular complexity index is 746. The minimum atomic E-state index is -3.27. The van der Waals surface area contributed by atoms with Gasteiger partial charge in [0.2, 0.25) is 0 Å². The highest BCUT2D eigenvalue weighted by atomic mass is 19.3. The van der Waals surface area contributed by atoms with Gasteiger partial charge in [-0.05, 0) is 17.7 Å². The molecule has 2 atom stereocenters. The smallest absolute Gasteiger partial charge is 0.338 e. The SMILES string of the molecule is CC(F)(F)C1(OCc2ccccc2)COCCC1OC(=O)c1ccccc1. The first-order valence-corrected chi connectivity index (χ1v) is 8.82. The Hall–Kier alpha value is -2.31. The van der Waals surface area contributed by atoms with Crippen LogP contribution in [0.5, 0.6) is 0 Å². The number of rotatable bonds is 6. The number of benzene rings is 2. The van der Waals surface area contributed by atoms with Crippen LogP contribution in [0.2, 0.25) is 0 Å². The van der Waals surface area contributed by atoms with Gasteiger partial charge < -0.3 is 14.2 Å². The van der Waals surface area contributed by atoms with Crippen LogP contribution in [0.1, 0.15) is 29.3 Å². The van der Waals surface area contributed by atoms with Crippen LogP contribution in [0.15, 0.2) is 60.7 Å². The minimum absolute atomic E-state index is 0.0347. The molecule has 0 bridgehead atoms. The van der Waals surface area contributed by atoms with E-state index in [4.69, 9.17) is 14.2 Å². The normalized spacial score (nSPS) is 23.0. The van der Waals surface area contributed by atoms with Gasteiger partial charge in [-0.15, -0.1) is 0 Å². The molecule has 27 heavy (non-hydrogen) atoms. The highest BCUT2D eigenvalue weighted by Gasteiger charge is 2.60. The van der Waals surface area contributed by atoms with E-state index in [1.165, 1.54) is 0 Å². The van der Waals surface area contributed by atoms with Crippen molar-refractivity contribution >= 4 is 5.97 Å². The van der Waals surface area contributed by atoms with E-state index in [1.54, 1.807) is 54.6 Å². The summed E-state index contributed by atoms with van der Waals surface area (Å²) >= 11 is 0. The zero-order valence-electron chi connectivity index (χ0n) is 15.1. The lowest BCUT2D eigenvalue weighted by Gasteiger charge is -2.45. The topological polar surface area (TPSA) is 44.8 Å². The van der Waals surface area contributed by atoms with E-state index in [2.05, 4.69) is 0 Å². The average Bonchev–Trinajstić information content (AvgIpc) is 2.68. The summed E-state index contributed by atoms with van der Waals surface area (Å²) in [4.78, 5) is 12.4. The van der Waals surface area contributed by atoms with Crippen LogP contribution in [0.3, 0.4) is 0 Å². The third kappa shape index (κ3) is 4.34. The standard InChI is InChI=1S/C21H22F2O4/c1-20(22,23)21(26-14-16-8-4-2-5-9-16)15-25-13-12-18(21)27-19(24)17-10-6-3-7-11-17/h2-11,18H,12-15H2,1H3. The molecule has 6 heteroatoms. The Kier molecular flexibility index (Phi) is 5.87. The Morgan fingerprint density at radius 3 is 2.41 bits per heavy atom. The number of alkyl halides is 2. The maximum atomic E-state index is 14.7. The highest BCUT2D eigenvalue weighted by Crippen LogP contribution is 2.41. The number of carbonyl (C=O) groups is 1. The molecule has 1 aliphatic rings. The van der Waals surface area contributed by atoms with E-state index in [0.29, 0.717) is 5.56 Å². The summed E-state index contributed by atoms with van der Waals surface area (Å²) in [5.41, 5.74) is -0.994. The molecule has 0 aliphatic carbocycles. The molecule has 3 rings (SSSR count). The number of carbonyl (C=O) groups excluding carboxylic acids is 1. The van der Waals surface area contributed by atoms with Crippen LogP contribution in [0.4, 0.5) is 8.78 Å². The van der Waals surface area contributed by atoms with E-state index in [0.717, 1.165) is 12.5 Å². The summed E-state index contributed by atoms with van der Waals surface area (Å²) in [5.74, 6) is -3.93. The summed E-state index contributed by atoms with van der Waals surface area (Å²) in [5, 5.41) is 0. The Balaban J connectivity index is 1.83. The molecule has 0 N–H and O–H groups in total. The van der Waals surface area contributed by atoms with Crippen molar-refractivity contribution in [1.29, 1.82) is 0 Å². The molecule has 2 aromatic rings. The van der Waals surface area contributed by atoms with E-state index in [-0.39, 0.29) is 26.2 Å². The molecule has 2 unspecified atom stereocenters. The maximum absolute atomic E-state index is 14.7. The number of esters is 1. The molecule has 144 valence electrons. The Morgan fingerprint density at radius 2 is 1.78 bits per heavy atom. The fraction of sp³-hybridized carbons (Fsp3) is 0.381. The summed E-state index contributed by atoms with van der Waals surface area (Å²) in [6, 6.07) is 17.3. The first-order chi connectivity index (χ1) is 12.9. The van der Waals surface area contributed by atoms with Crippen molar-refractivity contribution < 1.29 is 27.8 Å². The average molecular weight is 376 g/mol. The second-order valence-electron chi connectivity index (χ2n) is 6.65. The molecular formula is C21H22F2O4. The molecular weight excluding hydrogens is 354 g/mol. The third-order valence-electron chi connectivity index (χ3n) is 4.70. The maximum Gasteiger partial charge on any atom is 0.338 e. The Labute approximate surface area is 157 Å². The molecule has 0 aromatic heterocycles. The van der Waals surface area contributed by atoms with Crippen molar-refractivity contribution in [3.8, 4) is 0 Å². The molecule has 1 aliphatic heterocycles. The van der Waals surface area contributed by atoms with Crippen molar-refractivity contribution in [2.45, 2.75) is 37.6 Å². The predicted octanol–water partition coefficient (Wildman–Crippen LogP) is 4.24. The summed E-state index contributed by atoms with van der Waals surface area (Å²) in [6.07, 6.45) is -0.987. The minimum Gasteiger partial charge on any atom is -0.455 e. The summed E-state index contributed by atoms with van der Waals surface area (Å²) < 4.78 is 45.9. The van der Waals surface area contributed by atoms with E-state index in [9.17, 15) is 13.6 Å². The molecule has 0 saturated carbocycles. The van der Waals surface area contributed by atoms with Gasteiger partial charge in [0, 0.05) is 13.3 Å². The van der Waals surface area contributed by atoms with E-state index < -0.39 is 23.6 Å². The molecule has 1 heterocycles. The van der Waals surface area contributed by atoms with E-state index in [1.807, 2.05) is 6.07 Å². The zero-order valence-corrected chi connectivity index (χ0v) is 15.1. The van der Waals surface area contributed by atoms with Gasteiger partial charge in [-0.1, -0.05) is 48.5 Å². The molecule has 2 aromatic carbocycles. The quantitative estimate of drug-likeness (QED) is 0.708. The molecule has 4 nitrogen and oxygen atoms in total. The van der Waals surface area contributed by atoms with Crippen molar-refractivity contribution in [2.75, 3.05) is 13.2 Å². The summed E-state index contributed by atoms with van der Waals surface area (Å²) in [7, 11) is 0. The van der Waals surface area contributed by atoms with Crippen molar-refractivity contribution in [1.82, 2.24) is 0 Å². The number of hydrogen-bond acceptors (Lipinski definition) is 4. The molecule has 0 spiro atoms. The van der Waals surface area contributed by atoms with Gasteiger partial charge >= 0.3 is 5.97 Å². The first kappa shape index (κ1) is 19.5. The molecule has 1 fully saturated rings. The second-order valence-corrected chi connectivity index (χ2v) is 6.65. The van der Waals surface area contributed by atoms with Crippen molar-refractivity contribution in [3.63, 3.8) is 0 Å². The molecule has 0 amide bonds. The van der Waals surface area contributed by atoms with Gasteiger partial charge in [0.05, 0.1) is 25.4 Å². The lowest BCUT2D eigenvalue weighted by molar-refractivity contribution is -0.284. The Morgan fingerprint density at radius 1 is 1.15 bits per heavy atom. The lowest BCUT2D eigenvalue weighted by Crippen LogP contribution is -2.63. The molecule has 0 radical (unpaired) electrons. The number of hydrogen-bond donors (Lipinski definition) is 0. The number of ether oxygens (including phenoxy) is 3. The summed E-state index contributed by atoms with van der Waals surface area (Å²) in [6.45, 7) is 0.610. The second kappa shape index (κ2) is 8.15. The van der Waals surface area contributed by atoms with Crippen molar-refractivity contribution in [2.24, 2.45) is 0 Å². The molecule has 1 saturated heterocycles. The largest absolute Gasteiger partial charge is 0.455 e.